The lowest BCUT2D eigenvalue weighted by molar-refractivity contribution is -0.116. The number of aromatic nitrogens is 1. The number of methoxy groups -OCH3 is 1. The molecule has 0 aliphatic heterocycles. The topological polar surface area (TPSA) is 92.3 Å². The van der Waals surface area contributed by atoms with Crippen LogP contribution in [0.4, 0.5) is 25.7 Å². The van der Waals surface area contributed by atoms with Crippen LogP contribution in [0.5, 0.6) is 5.75 Å². The van der Waals surface area contributed by atoms with Crippen LogP contribution >= 0.6 is 11.3 Å². The number of carbonyl (C=O) groups is 2. The average molecular weight is 414 g/mol. The van der Waals surface area contributed by atoms with Crippen LogP contribution in [0.3, 0.4) is 0 Å². The Bertz CT molecular complexity index is 974. The maximum Gasteiger partial charge on any atom is 0.325 e. The monoisotopic (exact) mass is 414 g/mol. The number of carbonyl (C=O) groups excluding carboxylic acids is 2. The lowest BCUT2D eigenvalue weighted by Gasteiger charge is -2.06. The van der Waals surface area contributed by atoms with Gasteiger partial charge in [-0.25, -0.2) is 14.2 Å². The molecule has 29 heavy (non-hydrogen) atoms. The summed E-state index contributed by atoms with van der Waals surface area (Å²) in [6.45, 7) is 0. The zero-order valence-corrected chi connectivity index (χ0v) is 16.4. The van der Waals surface area contributed by atoms with Crippen LogP contribution in [0.25, 0.3) is 0 Å². The molecule has 0 bridgehead atoms. The molecule has 3 rings (SSSR count). The van der Waals surface area contributed by atoms with E-state index >= 15 is 0 Å². The predicted octanol–water partition coefficient (Wildman–Crippen LogP) is 4.51. The van der Waals surface area contributed by atoms with Gasteiger partial charge in [-0.1, -0.05) is 0 Å². The number of hydrogen-bond acceptors (Lipinski definition) is 5. The maximum absolute atomic E-state index is 12.9. The lowest BCUT2D eigenvalue weighted by Crippen LogP contribution is -2.19. The second-order valence-electron chi connectivity index (χ2n) is 6.01. The molecule has 0 unspecified atom stereocenters. The van der Waals surface area contributed by atoms with Crippen LogP contribution in [-0.2, 0) is 11.2 Å². The van der Waals surface area contributed by atoms with Crippen LogP contribution < -0.4 is 20.7 Å². The summed E-state index contributed by atoms with van der Waals surface area (Å²) in [4.78, 5) is 28.4. The quantitative estimate of drug-likeness (QED) is 0.531. The number of rotatable bonds is 7. The van der Waals surface area contributed by atoms with Crippen molar-refractivity contribution >= 4 is 39.8 Å². The van der Waals surface area contributed by atoms with Crippen molar-refractivity contribution in [1.82, 2.24) is 4.98 Å². The number of benzene rings is 2. The van der Waals surface area contributed by atoms with E-state index < -0.39 is 6.03 Å². The summed E-state index contributed by atoms with van der Waals surface area (Å²) >= 11 is 1.28. The van der Waals surface area contributed by atoms with Crippen LogP contribution in [0, 0.1) is 5.82 Å². The van der Waals surface area contributed by atoms with E-state index in [1.807, 2.05) is 0 Å². The highest BCUT2D eigenvalue weighted by Gasteiger charge is 2.09. The number of amides is 3. The molecule has 1 heterocycles. The number of ether oxygens (including phenoxy) is 1. The minimum Gasteiger partial charge on any atom is -0.497 e. The van der Waals surface area contributed by atoms with Crippen molar-refractivity contribution in [2.24, 2.45) is 0 Å². The van der Waals surface area contributed by atoms with Gasteiger partial charge in [0.15, 0.2) is 5.13 Å². The van der Waals surface area contributed by atoms with E-state index in [-0.39, 0.29) is 18.1 Å². The number of urea groups is 1. The number of nitrogens with one attached hydrogen (secondary N) is 3. The summed E-state index contributed by atoms with van der Waals surface area (Å²) in [6.07, 6.45) is 0.643. The van der Waals surface area contributed by atoms with Gasteiger partial charge in [0.2, 0.25) is 5.91 Å². The van der Waals surface area contributed by atoms with Crippen molar-refractivity contribution in [2.75, 3.05) is 23.1 Å². The highest BCUT2D eigenvalue weighted by atomic mass is 32.1. The molecule has 0 atom stereocenters. The Balaban J connectivity index is 1.45. The van der Waals surface area contributed by atoms with Crippen LogP contribution in [0.15, 0.2) is 53.9 Å². The highest BCUT2D eigenvalue weighted by Crippen LogP contribution is 2.19. The SMILES string of the molecule is COc1ccc(NC(=O)Nc2nc(CCC(=O)Nc3ccc(F)cc3)cs2)cc1. The molecule has 0 aliphatic rings. The third-order valence-corrected chi connectivity index (χ3v) is 4.66. The van der Waals surface area contributed by atoms with Gasteiger partial charge in [0, 0.05) is 23.2 Å². The summed E-state index contributed by atoms with van der Waals surface area (Å²) in [5.41, 5.74) is 1.86. The molecule has 0 saturated heterocycles. The predicted molar refractivity (Wildman–Crippen MR) is 111 cm³/mol. The first-order valence-electron chi connectivity index (χ1n) is 8.74. The molecule has 7 nitrogen and oxygen atoms in total. The van der Waals surface area contributed by atoms with E-state index in [0.29, 0.717) is 34.4 Å². The Kier molecular flexibility index (Phi) is 6.75. The summed E-state index contributed by atoms with van der Waals surface area (Å²) < 4.78 is 18.0. The molecule has 150 valence electrons. The maximum atomic E-state index is 12.9. The molecule has 0 saturated carbocycles. The minimum absolute atomic E-state index is 0.198. The highest BCUT2D eigenvalue weighted by molar-refractivity contribution is 7.13. The molecular weight excluding hydrogens is 395 g/mol. The van der Waals surface area contributed by atoms with Crippen LogP contribution in [0.2, 0.25) is 0 Å². The van der Waals surface area contributed by atoms with Gasteiger partial charge in [-0.3, -0.25) is 10.1 Å². The summed E-state index contributed by atoms with van der Waals surface area (Å²) in [5.74, 6) is 0.141. The first-order valence-corrected chi connectivity index (χ1v) is 9.61. The number of thiazole rings is 1. The van der Waals surface area contributed by atoms with Crippen molar-refractivity contribution in [3.05, 3.63) is 65.4 Å². The van der Waals surface area contributed by atoms with Gasteiger partial charge in [-0.05, 0) is 55.0 Å². The van der Waals surface area contributed by atoms with E-state index in [1.165, 1.54) is 35.6 Å². The number of nitrogens with zero attached hydrogens (tertiary/aromatic N) is 1. The van der Waals surface area contributed by atoms with E-state index in [2.05, 4.69) is 20.9 Å². The summed E-state index contributed by atoms with van der Waals surface area (Å²) in [5, 5.41) is 10.3. The third kappa shape index (κ3) is 6.28. The third-order valence-electron chi connectivity index (χ3n) is 3.86. The van der Waals surface area contributed by atoms with Gasteiger partial charge >= 0.3 is 6.03 Å². The van der Waals surface area contributed by atoms with Gasteiger partial charge in [0.05, 0.1) is 12.8 Å². The largest absolute Gasteiger partial charge is 0.497 e. The summed E-state index contributed by atoms with van der Waals surface area (Å²) in [7, 11) is 1.57. The Morgan fingerprint density at radius 1 is 1.00 bits per heavy atom. The van der Waals surface area contributed by atoms with Crippen LogP contribution in [0.1, 0.15) is 12.1 Å². The fourth-order valence-electron chi connectivity index (χ4n) is 2.41. The summed E-state index contributed by atoms with van der Waals surface area (Å²) in [6, 6.07) is 12.1. The standard InChI is InChI=1S/C20H19FN4O3S/c1-28-17-9-6-15(7-10-17)23-19(27)25-20-24-16(12-29-20)8-11-18(26)22-14-4-2-13(21)3-5-14/h2-7,9-10,12H,8,11H2,1H3,(H,22,26)(H2,23,24,25,27). The van der Waals surface area contributed by atoms with Crippen LogP contribution in [-0.4, -0.2) is 24.0 Å². The first-order chi connectivity index (χ1) is 14.0. The van der Waals surface area contributed by atoms with Crippen molar-refractivity contribution in [3.63, 3.8) is 0 Å². The normalized spacial score (nSPS) is 10.3. The number of aryl methyl sites for hydroxylation is 1. The molecule has 0 aliphatic carbocycles. The molecule has 3 amide bonds. The van der Waals surface area contributed by atoms with Crippen molar-refractivity contribution in [2.45, 2.75) is 12.8 Å². The Morgan fingerprint density at radius 3 is 2.34 bits per heavy atom. The second-order valence-corrected chi connectivity index (χ2v) is 6.86. The molecule has 0 spiro atoms. The number of hydrogen-bond donors (Lipinski definition) is 3. The van der Waals surface area contributed by atoms with Gasteiger partial charge < -0.3 is 15.4 Å². The van der Waals surface area contributed by atoms with Gasteiger partial charge in [0.1, 0.15) is 11.6 Å². The van der Waals surface area contributed by atoms with E-state index in [9.17, 15) is 14.0 Å². The fourth-order valence-corrected chi connectivity index (χ4v) is 3.15. The fraction of sp³-hybridized carbons (Fsp3) is 0.150. The van der Waals surface area contributed by atoms with Gasteiger partial charge in [-0.2, -0.15) is 0 Å². The zero-order valence-electron chi connectivity index (χ0n) is 15.6. The van der Waals surface area contributed by atoms with E-state index in [1.54, 1.807) is 36.8 Å². The van der Waals surface area contributed by atoms with E-state index in [4.69, 9.17) is 4.74 Å². The number of anilines is 3. The molecule has 9 heteroatoms. The van der Waals surface area contributed by atoms with E-state index in [0.717, 1.165) is 0 Å². The van der Waals surface area contributed by atoms with Gasteiger partial charge in [0.25, 0.3) is 0 Å². The smallest absolute Gasteiger partial charge is 0.325 e. The van der Waals surface area contributed by atoms with Gasteiger partial charge in [-0.15, -0.1) is 11.3 Å². The molecule has 3 N–H and O–H groups in total. The molecule has 1 aromatic heterocycles. The Labute approximate surface area is 170 Å². The Hall–Kier alpha value is -3.46. The lowest BCUT2D eigenvalue weighted by atomic mass is 10.2. The zero-order chi connectivity index (χ0) is 20.6. The van der Waals surface area contributed by atoms with Crippen molar-refractivity contribution in [1.29, 1.82) is 0 Å². The van der Waals surface area contributed by atoms with Crippen molar-refractivity contribution < 1.29 is 18.7 Å². The minimum atomic E-state index is -0.412. The molecule has 3 aromatic rings. The molecule has 0 radical (unpaired) electrons. The first kappa shape index (κ1) is 20.3. The molecule has 2 aromatic carbocycles. The molecule has 0 fully saturated rings. The average Bonchev–Trinajstić information content (AvgIpc) is 3.16. The van der Waals surface area contributed by atoms with Crippen molar-refractivity contribution in [3.8, 4) is 5.75 Å². The number of halogens is 1. The Morgan fingerprint density at radius 2 is 1.66 bits per heavy atom. The second kappa shape index (κ2) is 9.65. The molecular formula is C20H19FN4O3S.